The van der Waals surface area contributed by atoms with Crippen LogP contribution in [0.15, 0.2) is 35.6 Å². The van der Waals surface area contributed by atoms with Gasteiger partial charge in [-0.25, -0.2) is 13.4 Å². The average molecular weight is 280 g/mol. The molecule has 0 aliphatic heterocycles. The highest BCUT2D eigenvalue weighted by Gasteiger charge is 2.19. The van der Waals surface area contributed by atoms with E-state index < -0.39 is 9.84 Å². The number of aromatic amines is 1. The highest BCUT2D eigenvalue weighted by atomic mass is 32.2. The van der Waals surface area contributed by atoms with Gasteiger partial charge in [-0.05, 0) is 24.1 Å². The summed E-state index contributed by atoms with van der Waals surface area (Å²) in [7, 11) is -1.90. The van der Waals surface area contributed by atoms with Crippen molar-refractivity contribution >= 4 is 9.84 Å². The monoisotopic (exact) mass is 280 g/mol. The Morgan fingerprint density at radius 3 is 2.79 bits per heavy atom. The summed E-state index contributed by atoms with van der Waals surface area (Å²) in [6, 6.07) is 7.01. The molecule has 0 aliphatic rings. The van der Waals surface area contributed by atoms with Gasteiger partial charge in [0.2, 0.25) is 15.0 Å². The van der Waals surface area contributed by atoms with Crippen LogP contribution in [0.3, 0.4) is 0 Å². The van der Waals surface area contributed by atoms with Crippen LogP contribution in [-0.2, 0) is 22.0 Å². The highest BCUT2D eigenvalue weighted by molar-refractivity contribution is 7.90. The van der Waals surface area contributed by atoms with Crippen molar-refractivity contribution in [2.75, 3.05) is 7.11 Å². The summed E-state index contributed by atoms with van der Waals surface area (Å²) >= 11 is 0. The topological polar surface area (TPSA) is 72.1 Å². The summed E-state index contributed by atoms with van der Waals surface area (Å²) < 4.78 is 29.5. The fraction of sp³-hybridized carbons (Fsp3) is 0.308. The zero-order chi connectivity index (χ0) is 13.9. The average Bonchev–Trinajstić information content (AvgIpc) is 2.88. The molecule has 0 spiro atoms. The zero-order valence-electron chi connectivity index (χ0n) is 10.9. The van der Waals surface area contributed by atoms with Crippen molar-refractivity contribution in [3.8, 4) is 5.75 Å². The lowest BCUT2D eigenvalue weighted by atomic mass is 10.2. The number of hydrogen-bond donors (Lipinski definition) is 1. The summed E-state index contributed by atoms with van der Waals surface area (Å²) in [5, 5.41) is 0.0205. The van der Waals surface area contributed by atoms with Gasteiger partial charge < -0.3 is 9.72 Å². The quantitative estimate of drug-likeness (QED) is 0.908. The van der Waals surface area contributed by atoms with Crippen LogP contribution in [0.2, 0.25) is 0 Å². The molecular formula is C13H16N2O3S. The Kier molecular flexibility index (Phi) is 3.90. The third-order valence-corrected chi connectivity index (χ3v) is 4.28. The van der Waals surface area contributed by atoms with Gasteiger partial charge in [0, 0.05) is 11.9 Å². The maximum Gasteiger partial charge on any atom is 0.225 e. The molecule has 0 aliphatic carbocycles. The van der Waals surface area contributed by atoms with Gasteiger partial charge in [0.15, 0.2) is 0 Å². The van der Waals surface area contributed by atoms with E-state index in [4.69, 9.17) is 4.74 Å². The van der Waals surface area contributed by atoms with Crippen LogP contribution in [-0.4, -0.2) is 25.5 Å². The van der Waals surface area contributed by atoms with Crippen molar-refractivity contribution in [2.24, 2.45) is 0 Å². The number of ether oxygens (including phenoxy) is 1. The van der Waals surface area contributed by atoms with Gasteiger partial charge in [-0.15, -0.1) is 0 Å². The lowest BCUT2D eigenvalue weighted by Crippen LogP contribution is -2.07. The molecule has 0 saturated carbocycles. The van der Waals surface area contributed by atoms with Crippen LogP contribution >= 0.6 is 0 Å². The second kappa shape index (κ2) is 5.44. The first kappa shape index (κ1) is 13.6. The maximum absolute atomic E-state index is 12.2. The Bertz CT molecular complexity index is 662. The van der Waals surface area contributed by atoms with E-state index in [1.807, 2.05) is 6.92 Å². The molecule has 0 atom stereocenters. The third-order valence-electron chi connectivity index (χ3n) is 2.77. The van der Waals surface area contributed by atoms with Gasteiger partial charge in [-0.2, -0.15) is 0 Å². The number of methoxy groups -OCH3 is 1. The van der Waals surface area contributed by atoms with E-state index >= 15 is 0 Å². The van der Waals surface area contributed by atoms with Crippen LogP contribution in [0.25, 0.3) is 0 Å². The molecule has 0 fully saturated rings. The number of sulfone groups is 1. The van der Waals surface area contributed by atoms with Crippen molar-refractivity contribution in [3.05, 3.63) is 41.7 Å². The standard InChI is InChI=1S/C13H16N2O3S/c1-3-11-8-14-13(15-11)19(16,17)9-10-5-4-6-12(7-10)18-2/h4-8H,3,9H2,1-2H3,(H,14,15). The molecule has 5 nitrogen and oxygen atoms in total. The molecule has 0 bridgehead atoms. The van der Waals surface area contributed by atoms with E-state index in [0.29, 0.717) is 11.3 Å². The fourth-order valence-corrected chi connectivity index (χ4v) is 2.98. The van der Waals surface area contributed by atoms with Crippen LogP contribution in [0, 0.1) is 0 Å². The Balaban J connectivity index is 2.25. The molecule has 19 heavy (non-hydrogen) atoms. The second-order valence-corrected chi connectivity index (χ2v) is 6.08. The lowest BCUT2D eigenvalue weighted by molar-refractivity contribution is 0.414. The molecule has 2 aromatic rings. The van der Waals surface area contributed by atoms with Crippen molar-refractivity contribution in [3.63, 3.8) is 0 Å². The van der Waals surface area contributed by atoms with Crippen molar-refractivity contribution < 1.29 is 13.2 Å². The van der Waals surface area contributed by atoms with Crippen LogP contribution in [0.1, 0.15) is 18.2 Å². The number of nitrogens with zero attached hydrogens (tertiary/aromatic N) is 1. The first-order valence-corrected chi connectivity index (χ1v) is 7.60. The molecule has 102 valence electrons. The molecular weight excluding hydrogens is 264 g/mol. The summed E-state index contributed by atoms with van der Waals surface area (Å²) in [6.45, 7) is 1.94. The van der Waals surface area contributed by atoms with Crippen LogP contribution in [0.5, 0.6) is 5.75 Å². The first-order valence-electron chi connectivity index (χ1n) is 5.94. The molecule has 2 rings (SSSR count). The van der Waals surface area contributed by atoms with Gasteiger partial charge in [-0.1, -0.05) is 19.1 Å². The molecule has 0 unspecified atom stereocenters. The number of aryl methyl sites for hydroxylation is 1. The summed E-state index contributed by atoms with van der Waals surface area (Å²) in [6.07, 6.45) is 2.28. The fourth-order valence-electron chi connectivity index (χ4n) is 1.73. The first-order chi connectivity index (χ1) is 9.05. The third kappa shape index (κ3) is 3.14. The largest absolute Gasteiger partial charge is 0.497 e. The number of benzene rings is 1. The Morgan fingerprint density at radius 2 is 2.16 bits per heavy atom. The number of H-pyrrole nitrogens is 1. The lowest BCUT2D eigenvalue weighted by Gasteiger charge is -2.04. The number of rotatable bonds is 5. The molecule has 0 saturated heterocycles. The smallest absolute Gasteiger partial charge is 0.225 e. The zero-order valence-corrected chi connectivity index (χ0v) is 11.7. The molecule has 0 amide bonds. The van der Waals surface area contributed by atoms with Gasteiger partial charge in [-0.3, -0.25) is 0 Å². The van der Waals surface area contributed by atoms with Gasteiger partial charge in [0.25, 0.3) is 0 Å². The van der Waals surface area contributed by atoms with Crippen LogP contribution < -0.4 is 4.74 Å². The van der Waals surface area contributed by atoms with Gasteiger partial charge >= 0.3 is 0 Å². The molecule has 1 aromatic carbocycles. The molecule has 6 heteroatoms. The molecule has 1 aromatic heterocycles. The van der Waals surface area contributed by atoms with E-state index in [-0.39, 0.29) is 10.9 Å². The maximum atomic E-state index is 12.2. The normalized spacial score (nSPS) is 11.5. The second-order valence-electron chi connectivity index (χ2n) is 4.18. The minimum absolute atomic E-state index is 0.0205. The minimum Gasteiger partial charge on any atom is -0.497 e. The predicted molar refractivity (Wildman–Crippen MR) is 71.8 cm³/mol. The van der Waals surface area contributed by atoms with E-state index in [1.54, 1.807) is 37.6 Å². The minimum atomic E-state index is -3.45. The Morgan fingerprint density at radius 1 is 1.37 bits per heavy atom. The Labute approximate surface area is 112 Å². The van der Waals surface area contributed by atoms with Gasteiger partial charge in [0.1, 0.15) is 5.75 Å². The van der Waals surface area contributed by atoms with Crippen molar-refractivity contribution in [2.45, 2.75) is 24.3 Å². The van der Waals surface area contributed by atoms with Crippen LogP contribution in [0.4, 0.5) is 0 Å². The van der Waals surface area contributed by atoms with E-state index in [0.717, 1.165) is 12.1 Å². The molecule has 1 heterocycles. The number of hydrogen-bond acceptors (Lipinski definition) is 4. The van der Waals surface area contributed by atoms with E-state index in [9.17, 15) is 8.42 Å². The predicted octanol–water partition coefficient (Wildman–Crippen LogP) is 1.95. The number of imidazole rings is 1. The van der Waals surface area contributed by atoms with Crippen molar-refractivity contribution in [1.29, 1.82) is 0 Å². The summed E-state index contributed by atoms with van der Waals surface area (Å²) in [5.74, 6) is 0.544. The van der Waals surface area contributed by atoms with Crippen molar-refractivity contribution in [1.82, 2.24) is 9.97 Å². The summed E-state index contributed by atoms with van der Waals surface area (Å²) in [4.78, 5) is 6.74. The SMILES string of the molecule is CCc1cnc(S(=O)(=O)Cc2cccc(OC)c2)[nH]1. The number of nitrogens with one attached hydrogen (secondary N) is 1. The number of aromatic nitrogens is 2. The van der Waals surface area contributed by atoms with E-state index in [2.05, 4.69) is 9.97 Å². The highest BCUT2D eigenvalue weighted by Crippen LogP contribution is 2.18. The Hall–Kier alpha value is -1.82. The molecule has 0 radical (unpaired) electrons. The van der Waals surface area contributed by atoms with Gasteiger partial charge in [0.05, 0.1) is 12.9 Å². The summed E-state index contributed by atoms with van der Waals surface area (Å²) in [5.41, 5.74) is 1.48. The van der Waals surface area contributed by atoms with E-state index in [1.165, 1.54) is 0 Å². The molecule has 1 N–H and O–H groups in total.